The van der Waals surface area contributed by atoms with Gasteiger partial charge in [-0.3, -0.25) is 9.59 Å². The van der Waals surface area contributed by atoms with Crippen molar-refractivity contribution in [2.24, 2.45) is 0 Å². The minimum absolute atomic E-state index is 0.0419. The summed E-state index contributed by atoms with van der Waals surface area (Å²) in [4.78, 5) is 46.5. The summed E-state index contributed by atoms with van der Waals surface area (Å²) in [5.74, 6) is -2.13. The molecule has 0 fully saturated rings. The summed E-state index contributed by atoms with van der Waals surface area (Å²) in [7, 11) is 0. The Morgan fingerprint density at radius 2 is 1.60 bits per heavy atom. The maximum atomic E-state index is 12.5. The number of hydrogen-bond donors (Lipinski definition) is 0. The van der Waals surface area contributed by atoms with E-state index in [2.05, 4.69) is 4.98 Å². The monoisotopic (exact) mass is 335 g/mol. The van der Waals surface area contributed by atoms with E-state index in [-0.39, 0.29) is 17.0 Å². The maximum absolute atomic E-state index is 12.5. The number of benzene rings is 2. The van der Waals surface area contributed by atoms with Crippen LogP contribution >= 0.6 is 0 Å². The van der Waals surface area contributed by atoms with Gasteiger partial charge < -0.3 is 9.40 Å². The van der Waals surface area contributed by atoms with Crippen LogP contribution in [0.1, 0.15) is 38.3 Å². The van der Waals surface area contributed by atoms with Crippen molar-refractivity contribution in [3.63, 3.8) is 0 Å². The number of fused-ring (bicyclic) bond motifs is 2. The lowest BCUT2D eigenvalue weighted by Crippen LogP contribution is -2.33. The number of imidazole rings is 1. The molecule has 1 aliphatic heterocycles. The van der Waals surface area contributed by atoms with Crippen LogP contribution < -0.4 is 0 Å². The molecule has 0 aliphatic carbocycles. The van der Waals surface area contributed by atoms with E-state index < -0.39 is 17.8 Å². The van der Waals surface area contributed by atoms with Gasteiger partial charge in [-0.1, -0.05) is 29.3 Å². The zero-order valence-electron chi connectivity index (χ0n) is 13.3. The molecule has 0 saturated heterocycles. The molecule has 25 heavy (non-hydrogen) atoms. The molecular formula is C18H13N3O4. The van der Waals surface area contributed by atoms with E-state index in [1.165, 1.54) is 12.1 Å². The standard InChI is InChI=1S/C18H13N3O4/c1-2-20-14-10-6-5-9-13(14)19-15(20)18(24)25-21-16(22)11-7-3-4-8-12(11)17(21)23/h3-10H,2H2,1H3. The van der Waals surface area contributed by atoms with Gasteiger partial charge in [0, 0.05) is 6.54 Å². The molecule has 2 heterocycles. The molecule has 124 valence electrons. The molecule has 7 nitrogen and oxygen atoms in total. The summed E-state index contributed by atoms with van der Waals surface area (Å²) in [6.45, 7) is 2.36. The van der Waals surface area contributed by atoms with E-state index in [4.69, 9.17) is 4.84 Å². The van der Waals surface area contributed by atoms with Gasteiger partial charge in [0.1, 0.15) is 0 Å². The van der Waals surface area contributed by atoms with Crippen LogP contribution in [0.4, 0.5) is 0 Å². The Labute approximate surface area is 142 Å². The van der Waals surface area contributed by atoms with Gasteiger partial charge in [0.25, 0.3) is 11.8 Å². The normalized spacial score (nSPS) is 13.4. The molecule has 0 bridgehead atoms. The number of amides is 2. The van der Waals surface area contributed by atoms with Crippen LogP contribution in [0.25, 0.3) is 11.0 Å². The van der Waals surface area contributed by atoms with Crippen molar-refractivity contribution in [2.75, 3.05) is 0 Å². The van der Waals surface area contributed by atoms with Gasteiger partial charge >= 0.3 is 5.97 Å². The third-order valence-electron chi connectivity index (χ3n) is 4.08. The number of hydrogen-bond acceptors (Lipinski definition) is 5. The molecule has 1 aliphatic rings. The molecule has 0 N–H and O–H groups in total. The van der Waals surface area contributed by atoms with Crippen molar-refractivity contribution in [2.45, 2.75) is 13.5 Å². The lowest BCUT2D eigenvalue weighted by Gasteiger charge is -2.12. The van der Waals surface area contributed by atoms with Crippen LogP contribution in [0.5, 0.6) is 0 Å². The Hall–Kier alpha value is -3.48. The highest BCUT2D eigenvalue weighted by molar-refractivity contribution is 6.21. The van der Waals surface area contributed by atoms with Crippen molar-refractivity contribution in [1.82, 2.24) is 14.6 Å². The smallest absolute Gasteiger partial charge is 0.321 e. The molecule has 7 heteroatoms. The van der Waals surface area contributed by atoms with Crippen molar-refractivity contribution < 1.29 is 19.2 Å². The summed E-state index contributed by atoms with van der Waals surface area (Å²) >= 11 is 0. The number of para-hydroxylation sites is 2. The van der Waals surface area contributed by atoms with Gasteiger partial charge in [0.05, 0.1) is 22.2 Å². The summed E-state index contributed by atoms with van der Waals surface area (Å²) < 4.78 is 1.68. The summed E-state index contributed by atoms with van der Waals surface area (Å²) in [5.41, 5.74) is 1.84. The van der Waals surface area contributed by atoms with Crippen molar-refractivity contribution in [1.29, 1.82) is 0 Å². The summed E-state index contributed by atoms with van der Waals surface area (Å²) in [6, 6.07) is 13.6. The molecule has 0 spiro atoms. The minimum Gasteiger partial charge on any atom is -0.321 e. The molecule has 0 radical (unpaired) electrons. The van der Waals surface area contributed by atoms with Gasteiger partial charge in [0.15, 0.2) is 0 Å². The van der Waals surface area contributed by atoms with Crippen LogP contribution in [-0.4, -0.2) is 32.4 Å². The topological polar surface area (TPSA) is 81.5 Å². The number of aryl methyl sites for hydroxylation is 1. The number of carbonyl (C=O) groups excluding carboxylic acids is 3. The number of carbonyl (C=O) groups is 3. The van der Waals surface area contributed by atoms with Crippen LogP contribution in [0.3, 0.4) is 0 Å². The zero-order chi connectivity index (χ0) is 17.6. The number of aromatic nitrogens is 2. The van der Waals surface area contributed by atoms with Gasteiger partial charge in [-0.25, -0.2) is 9.78 Å². The predicted octanol–water partition coefficient (Wildman–Crippen LogP) is 2.42. The molecule has 1 aromatic heterocycles. The largest absolute Gasteiger partial charge is 0.399 e. The highest BCUT2D eigenvalue weighted by atomic mass is 16.7. The van der Waals surface area contributed by atoms with E-state index in [0.717, 1.165) is 5.52 Å². The van der Waals surface area contributed by atoms with E-state index >= 15 is 0 Å². The molecule has 0 unspecified atom stereocenters. The third-order valence-corrected chi connectivity index (χ3v) is 4.08. The average molecular weight is 335 g/mol. The van der Waals surface area contributed by atoms with Crippen LogP contribution in [0, 0.1) is 0 Å². The van der Waals surface area contributed by atoms with Crippen molar-refractivity contribution in [3.8, 4) is 0 Å². The van der Waals surface area contributed by atoms with E-state index in [9.17, 15) is 14.4 Å². The van der Waals surface area contributed by atoms with Crippen molar-refractivity contribution >= 4 is 28.8 Å². The van der Waals surface area contributed by atoms with E-state index in [1.54, 1.807) is 22.8 Å². The van der Waals surface area contributed by atoms with E-state index in [1.807, 2.05) is 25.1 Å². The molecule has 0 saturated carbocycles. The second-order valence-corrected chi connectivity index (χ2v) is 5.50. The van der Waals surface area contributed by atoms with E-state index in [0.29, 0.717) is 17.1 Å². The quantitative estimate of drug-likeness (QED) is 0.687. The number of nitrogens with zero attached hydrogens (tertiary/aromatic N) is 3. The number of rotatable bonds is 3. The fourth-order valence-electron chi connectivity index (χ4n) is 2.93. The molecule has 0 atom stereocenters. The van der Waals surface area contributed by atoms with Crippen LogP contribution in [0.2, 0.25) is 0 Å². The minimum atomic E-state index is -0.854. The molecule has 2 amide bonds. The predicted molar refractivity (Wildman–Crippen MR) is 87.8 cm³/mol. The molecular weight excluding hydrogens is 322 g/mol. The Kier molecular flexibility index (Phi) is 3.35. The first-order valence-corrected chi connectivity index (χ1v) is 7.77. The number of hydroxylamine groups is 2. The number of imide groups is 1. The third kappa shape index (κ3) is 2.20. The Morgan fingerprint density at radius 3 is 2.24 bits per heavy atom. The highest BCUT2D eigenvalue weighted by Crippen LogP contribution is 2.24. The molecule has 2 aromatic carbocycles. The van der Waals surface area contributed by atoms with Crippen LogP contribution in [-0.2, 0) is 11.4 Å². The summed E-state index contributed by atoms with van der Waals surface area (Å²) in [5, 5.41) is 0.492. The second kappa shape index (κ2) is 5.55. The van der Waals surface area contributed by atoms with Gasteiger partial charge in [-0.05, 0) is 31.2 Å². The highest BCUT2D eigenvalue weighted by Gasteiger charge is 2.39. The van der Waals surface area contributed by atoms with Crippen LogP contribution in [0.15, 0.2) is 48.5 Å². The van der Waals surface area contributed by atoms with Crippen molar-refractivity contribution in [3.05, 3.63) is 65.5 Å². The lowest BCUT2D eigenvalue weighted by atomic mass is 10.1. The zero-order valence-corrected chi connectivity index (χ0v) is 13.3. The Bertz CT molecular complexity index is 1000. The summed E-state index contributed by atoms with van der Waals surface area (Å²) in [6.07, 6.45) is 0. The SMILES string of the molecule is CCn1c(C(=O)ON2C(=O)c3ccccc3C2=O)nc2ccccc21. The first kappa shape index (κ1) is 15.1. The average Bonchev–Trinajstić information content (AvgIpc) is 3.13. The first-order chi connectivity index (χ1) is 12.1. The Balaban J connectivity index is 1.68. The van der Waals surface area contributed by atoms with Gasteiger partial charge in [0.2, 0.25) is 5.82 Å². The van der Waals surface area contributed by atoms with Gasteiger partial charge in [-0.2, -0.15) is 0 Å². The first-order valence-electron chi connectivity index (χ1n) is 7.77. The molecule has 4 rings (SSSR count). The second-order valence-electron chi connectivity index (χ2n) is 5.50. The maximum Gasteiger partial charge on any atom is 0.399 e. The fourth-order valence-corrected chi connectivity index (χ4v) is 2.93. The van der Waals surface area contributed by atoms with Gasteiger partial charge in [-0.15, -0.1) is 0 Å². The fraction of sp³-hybridized carbons (Fsp3) is 0.111. The molecule has 3 aromatic rings. The lowest BCUT2D eigenvalue weighted by molar-refractivity contribution is -0.0595. The Morgan fingerprint density at radius 1 is 1.00 bits per heavy atom.